The highest BCUT2D eigenvalue weighted by atomic mass is 32.2. The number of hydrogen-bond acceptors (Lipinski definition) is 4. The molecule has 0 saturated heterocycles. The van der Waals surface area contributed by atoms with Gasteiger partial charge in [-0.25, -0.2) is 0 Å². The van der Waals surface area contributed by atoms with Gasteiger partial charge in [0.25, 0.3) is 0 Å². The van der Waals surface area contributed by atoms with E-state index in [4.69, 9.17) is 9.92 Å². The van der Waals surface area contributed by atoms with Crippen molar-refractivity contribution in [1.82, 2.24) is 0 Å². The third-order valence-electron chi connectivity index (χ3n) is 4.27. The molecule has 0 unspecified atom stereocenters. The minimum absolute atomic E-state index is 0.0873. The molecule has 0 spiro atoms. The normalized spacial score (nSPS) is 12.7. The van der Waals surface area contributed by atoms with Gasteiger partial charge in [0.05, 0.1) is 5.56 Å². The van der Waals surface area contributed by atoms with Gasteiger partial charge in [-0.15, -0.1) is 0 Å². The van der Waals surface area contributed by atoms with Crippen molar-refractivity contribution in [1.29, 1.82) is 0 Å². The molecule has 2 aromatic rings. The lowest BCUT2D eigenvalue weighted by molar-refractivity contribution is 0.0997. The zero-order valence-electron chi connectivity index (χ0n) is 16.7. The van der Waals surface area contributed by atoms with Crippen molar-refractivity contribution in [3.8, 4) is 5.75 Å². The number of nitrogens with two attached hydrogens (primary N) is 1. The van der Waals surface area contributed by atoms with Crippen LogP contribution in [0.1, 0.15) is 63.0 Å². The standard InChI is InChI=1S/C21H27NO4S/c1-20(2,3)14-11-12-17(16(13-14)21(4,5)6)26-27(24,25)18-10-8-7-9-15(18)19(22)23/h7-13H,1-6H3,(H2,22,23). The number of hydrogen-bond donors (Lipinski definition) is 1. The molecule has 146 valence electrons. The van der Waals surface area contributed by atoms with Gasteiger partial charge in [0.2, 0.25) is 5.91 Å². The van der Waals surface area contributed by atoms with Crippen molar-refractivity contribution in [2.24, 2.45) is 5.73 Å². The summed E-state index contributed by atoms with van der Waals surface area (Å²) in [4.78, 5) is 11.4. The van der Waals surface area contributed by atoms with Crippen molar-refractivity contribution in [3.05, 3.63) is 59.2 Å². The monoisotopic (exact) mass is 389 g/mol. The molecular weight excluding hydrogens is 362 g/mol. The van der Waals surface area contributed by atoms with Gasteiger partial charge in [-0.3, -0.25) is 4.79 Å². The summed E-state index contributed by atoms with van der Waals surface area (Å²) in [6.45, 7) is 12.3. The predicted molar refractivity (Wildman–Crippen MR) is 107 cm³/mol. The Morgan fingerprint density at radius 2 is 1.52 bits per heavy atom. The number of carbonyl (C=O) groups is 1. The Morgan fingerprint density at radius 3 is 2.04 bits per heavy atom. The van der Waals surface area contributed by atoms with Gasteiger partial charge in [0.1, 0.15) is 10.6 Å². The van der Waals surface area contributed by atoms with Crippen LogP contribution in [0.2, 0.25) is 0 Å². The van der Waals surface area contributed by atoms with E-state index in [0.717, 1.165) is 11.1 Å². The summed E-state index contributed by atoms with van der Waals surface area (Å²) in [7, 11) is -4.22. The van der Waals surface area contributed by atoms with Gasteiger partial charge in [-0.2, -0.15) is 8.42 Å². The zero-order chi connectivity index (χ0) is 20.6. The Morgan fingerprint density at radius 1 is 0.926 bits per heavy atom. The first-order chi connectivity index (χ1) is 12.2. The second-order valence-corrected chi connectivity index (χ2v) is 10.1. The van der Waals surface area contributed by atoms with Crippen molar-refractivity contribution < 1.29 is 17.4 Å². The number of primary amides is 1. The van der Waals surface area contributed by atoms with E-state index in [1.54, 1.807) is 12.1 Å². The molecule has 0 fully saturated rings. The smallest absolute Gasteiger partial charge is 0.340 e. The van der Waals surface area contributed by atoms with Crippen LogP contribution < -0.4 is 9.92 Å². The Bertz CT molecular complexity index is 964. The van der Waals surface area contributed by atoms with E-state index >= 15 is 0 Å². The molecule has 2 N–H and O–H groups in total. The average Bonchev–Trinajstić information content (AvgIpc) is 2.52. The van der Waals surface area contributed by atoms with Crippen molar-refractivity contribution in [2.75, 3.05) is 0 Å². The maximum Gasteiger partial charge on any atom is 0.340 e. The number of amides is 1. The van der Waals surface area contributed by atoms with Crippen LogP contribution in [0, 0.1) is 0 Å². The van der Waals surface area contributed by atoms with Crippen LogP contribution in [0.5, 0.6) is 5.75 Å². The van der Waals surface area contributed by atoms with Crippen molar-refractivity contribution in [3.63, 3.8) is 0 Å². The topological polar surface area (TPSA) is 86.5 Å². The van der Waals surface area contributed by atoms with E-state index in [2.05, 4.69) is 20.8 Å². The highest BCUT2D eigenvalue weighted by Crippen LogP contribution is 2.37. The molecule has 0 saturated carbocycles. The van der Waals surface area contributed by atoms with Gasteiger partial charge in [-0.05, 0) is 34.6 Å². The maximum absolute atomic E-state index is 12.9. The SMILES string of the molecule is CC(C)(C)c1ccc(OS(=O)(=O)c2ccccc2C(N)=O)c(C(C)(C)C)c1. The van der Waals surface area contributed by atoms with E-state index in [0.29, 0.717) is 0 Å². The summed E-state index contributed by atoms with van der Waals surface area (Å²) in [5.41, 5.74) is 6.64. The van der Waals surface area contributed by atoms with Crippen LogP contribution in [0.15, 0.2) is 47.4 Å². The van der Waals surface area contributed by atoms with Gasteiger partial charge < -0.3 is 9.92 Å². The molecule has 0 aliphatic carbocycles. The Balaban J connectivity index is 2.59. The van der Waals surface area contributed by atoms with E-state index in [9.17, 15) is 13.2 Å². The first kappa shape index (κ1) is 21.0. The largest absolute Gasteiger partial charge is 0.379 e. The molecule has 1 amide bonds. The molecule has 0 bridgehead atoms. The van der Waals surface area contributed by atoms with Gasteiger partial charge in [0.15, 0.2) is 0 Å². The number of rotatable bonds is 4. The van der Waals surface area contributed by atoms with Crippen LogP contribution in [0.4, 0.5) is 0 Å². The lowest BCUT2D eigenvalue weighted by atomic mass is 9.80. The molecule has 0 aliphatic rings. The van der Waals surface area contributed by atoms with Gasteiger partial charge in [-0.1, -0.05) is 65.8 Å². The second kappa shape index (κ2) is 7.00. The molecule has 5 nitrogen and oxygen atoms in total. The minimum Gasteiger partial charge on any atom is -0.379 e. The van der Waals surface area contributed by atoms with Gasteiger partial charge >= 0.3 is 10.1 Å². The number of benzene rings is 2. The Labute approximate surface area is 161 Å². The van der Waals surface area contributed by atoms with E-state index in [-0.39, 0.29) is 27.0 Å². The molecule has 0 aliphatic heterocycles. The van der Waals surface area contributed by atoms with Crippen LogP contribution >= 0.6 is 0 Å². The molecule has 0 heterocycles. The third-order valence-corrected chi connectivity index (χ3v) is 5.57. The van der Waals surface area contributed by atoms with Crippen LogP contribution in [-0.4, -0.2) is 14.3 Å². The van der Waals surface area contributed by atoms with E-state index < -0.39 is 16.0 Å². The molecule has 0 atom stereocenters. The summed E-state index contributed by atoms with van der Waals surface area (Å²) in [6.07, 6.45) is 0. The fraction of sp³-hybridized carbons (Fsp3) is 0.381. The Hall–Kier alpha value is -2.34. The van der Waals surface area contributed by atoms with Gasteiger partial charge in [0, 0.05) is 5.56 Å². The lowest BCUT2D eigenvalue weighted by Gasteiger charge is -2.27. The average molecular weight is 390 g/mol. The minimum atomic E-state index is -4.22. The fourth-order valence-electron chi connectivity index (χ4n) is 2.71. The van der Waals surface area contributed by atoms with E-state index in [1.807, 2.05) is 32.9 Å². The summed E-state index contributed by atoms with van der Waals surface area (Å²) in [5.74, 6) is -0.577. The van der Waals surface area contributed by atoms with Crippen LogP contribution in [0.25, 0.3) is 0 Å². The first-order valence-electron chi connectivity index (χ1n) is 8.72. The Kier molecular flexibility index (Phi) is 5.44. The molecule has 2 aromatic carbocycles. The van der Waals surface area contributed by atoms with Crippen molar-refractivity contribution >= 4 is 16.0 Å². The van der Waals surface area contributed by atoms with Crippen molar-refractivity contribution in [2.45, 2.75) is 57.3 Å². The molecule has 0 aromatic heterocycles. The maximum atomic E-state index is 12.9. The second-order valence-electron chi connectivity index (χ2n) is 8.61. The predicted octanol–water partition coefficient (Wildman–Crippen LogP) is 4.15. The summed E-state index contributed by atoms with van der Waals surface area (Å²) < 4.78 is 31.2. The van der Waals surface area contributed by atoms with Crippen LogP contribution in [0.3, 0.4) is 0 Å². The van der Waals surface area contributed by atoms with Crippen LogP contribution in [-0.2, 0) is 20.9 Å². The quantitative estimate of drug-likeness (QED) is 0.796. The highest BCUT2D eigenvalue weighted by Gasteiger charge is 2.28. The highest BCUT2D eigenvalue weighted by molar-refractivity contribution is 7.87. The molecule has 0 radical (unpaired) electrons. The number of carbonyl (C=O) groups excluding carboxylic acids is 1. The first-order valence-corrected chi connectivity index (χ1v) is 10.1. The summed E-state index contributed by atoms with van der Waals surface area (Å²) >= 11 is 0. The zero-order valence-corrected chi connectivity index (χ0v) is 17.5. The summed E-state index contributed by atoms with van der Waals surface area (Å²) in [6, 6.07) is 11.3. The molecule has 2 rings (SSSR count). The fourth-order valence-corrected chi connectivity index (χ4v) is 3.86. The van der Waals surface area contributed by atoms with E-state index in [1.165, 1.54) is 18.2 Å². The molecule has 6 heteroatoms. The summed E-state index contributed by atoms with van der Waals surface area (Å²) in [5, 5.41) is 0. The lowest BCUT2D eigenvalue weighted by Crippen LogP contribution is -2.21. The molecule has 27 heavy (non-hydrogen) atoms. The third kappa shape index (κ3) is 4.69. The molecular formula is C21H27NO4S.